The van der Waals surface area contributed by atoms with Gasteiger partial charge >= 0.3 is 0 Å². The number of nitrogens with one attached hydrogen (secondary N) is 1. The Morgan fingerprint density at radius 3 is 2.45 bits per heavy atom. The molecule has 1 aliphatic rings. The Bertz CT molecular complexity index is 1030. The maximum absolute atomic E-state index is 13.5. The summed E-state index contributed by atoms with van der Waals surface area (Å²) in [7, 11) is 0. The minimum Gasteiger partial charge on any atom is -0.322 e. The van der Waals surface area contributed by atoms with Gasteiger partial charge in [-0.3, -0.25) is 14.5 Å². The molecule has 160 valence electrons. The molecular weight excluding hydrogens is 412 g/mol. The zero-order chi connectivity index (χ0) is 21.6. The lowest BCUT2D eigenvalue weighted by Crippen LogP contribution is -2.44. The van der Waals surface area contributed by atoms with Gasteiger partial charge in [0.1, 0.15) is 0 Å². The number of hydrogen-bond acceptors (Lipinski definition) is 4. The largest absolute Gasteiger partial charge is 0.322 e. The van der Waals surface area contributed by atoms with Crippen molar-refractivity contribution in [3.05, 3.63) is 89.0 Å². The first-order chi connectivity index (χ1) is 15.1. The maximum Gasteiger partial charge on any atom is 0.296 e. The molecule has 2 aromatic carbocycles. The molecule has 0 bridgehead atoms. The van der Waals surface area contributed by atoms with Crippen molar-refractivity contribution in [1.82, 2.24) is 19.8 Å². The van der Waals surface area contributed by atoms with E-state index in [0.29, 0.717) is 11.6 Å². The molecule has 1 N–H and O–H groups in total. The van der Waals surface area contributed by atoms with Gasteiger partial charge in [0.05, 0.1) is 6.54 Å². The van der Waals surface area contributed by atoms with Crippen LogP contribution in [0.2, 0.25) is 5.02 Å². The minimum atomic E-state index is -0.369. The molecule has 0 aliphatic carbocycles. The van der Waals surface area contributed by atoms with Gasteiger partial charge in [-0.1, -0.05) is 54.1 Å². The molecule has 31 heavy (non-hydrogen) atoms. The van der Waals surface area contributed by atoms with Crippen molar-refractivity contribution in [2.24, 2.45) is 5.92 Å². The molecule has 6 nitrogen and oxygen atoms in total. The van der Waals surface area contributed by atoms with E-state index in [2.05, 4.69) is 10.3 Å². The van der Waals surface area contributed by atoms with Gasteiger partial charge in [0.25, 0.3) is 5.91 Å². The van der Waals surface area contributed by atoms with Crippen LogP contribution in [0.4, 0.5) is 0 Å². The van der Waals surface area contributed by atoms with E-state index in [4.69, 9.17) is 11.6 Å². The molecule has 0 unspecified atom stereocenters. The van der Waals surface area contributed by atoms with Gasteiger partial charge in [0.2, 0.25) is 5.91 Å². The van der Waals surface area contributed by atoms with Crippen LogP contribution >= 0.6 is 11.6 Å². The average Bonchev–Trinajstić information content (AvgIpc) is 3.27. The molecule has 7 heteroatoms. The fourth-order valence-corrected chi connectivity index (χ4v) is 3.97. The van der Waals surface area contributed by atoms with Crippen LogP contribution in [-0.2, 0) is 17.9 Å². The molecule has 3 aromatic rings. The lowest BCUT2D eigenvalue weighted by Gasteiger charge is -2.28. The molecule has 0 spiro atoms. The number of carbonyl (C=O) groups is 2. The van der Waals surface area contributed by atoms with Crippen molar-refractivity contribution in [2.45, 2.75) is 25.9 Å². The van der Waals surface area contributed by atoms with Crippen LogP contribution in [0, 0.1) is 5.92 Å². The number of rotatable bonds is 6. The van der Waals surface area contributed by atoms with Gasteiger partial charge in [-0.15, -0.1) is 0 Å². The zero-order valence-corrected chi connectivity index (χ0v) is 18.0. The summed E-state index contributed by atoms with van der Waals surface area (Å²) >= 11 is 5.98. The van der Waals surface area contributed by atoms with Crippen molar-refractivity contribution in [3.63, 3.8) is 0 Å². The van der Waals surface area contributed by atoms with E-state index in [0.717, 1.165) is 37.1 Å². The third-order valence-corrected chi connectivity index (χ3v) is 5.81. The fraction of sp³-hybridized carbons (Fsp3) is 0.292. The van der Waals surface area contributed by atoms with Crippen molar-refractivity contribution in [3.8, 4) is 0 Å². The highest BCUT2D eigenvalue weighted by atomic mass is 35.5. The molecule has 1 saturated heterocycles. The predicted molar refractivity (Wildman–Crippen MR) is 120 cm³/mol. The second kappa shape index (κ2) is 9.90. The lowest BCUT2D eigenvalue weighted by molar-refractivity contribution is -0.134. The van der Waals surface area contributed by atoms with E-state index < -0.39 is 0 Å². The van der Waals surface area contributed by atoms with E-state index in [1.54, 1.807) is 17.0 Å². The van der Waals surface area contributed by atoms with Crippen molar-refractivity contribution in [1.29, 1.82) is 0 Å². The van der Waals surface area contributed by atoms with Crippen LogP contribution in [0.1, 0.15) is 34.6 Å². The maximum atomic E-state index is 13.5. The van der Waals surface area contributed by atoms with Crippen LogP contribution in [0.5, 0.6) is 0 Å². The van der Waals surface area contributed by atoms with Crippen molar-refractivity contribution >= 4 is 23.4 Å². The van der Waals surface area contributed by atoms with Crippen LogP contribution in [0.15, 0.2) is 67.0 Å². The third kappa shape index (κ3) is 5.21. The van der Waals surface area contributed by atoms with Crippen molar-refractivity contribution < 1.29 is 9.59 Å². The van der Waals surface area contributed by atoms with Crippen LogP contribution < -0.4 is 5.32 Å². The summed E-state index contributed by atoms with van der Waals surface area (Å²) in [6.07, 6.45) is 4.82. The number of amides is 2. The monoisotopic (exact) mass is 436 g/mol. The Hall–Kier alpha value is -2.96. The first-order valence-electron chi connectivity index (χ1n) is 10.5. The number of halogens is 1. The van der Waals surface area contributed by atoms with E-state index >= 15 is 0 Å². The summed E-state index contributed by atoms with van der Waals surface area (Å²) < 4.78 is 1.78. The summed E-state index contributed by atoms with van der Waals surface area (Å²) in [4.78, 5) is 32.6. The molecule has 1 fully saturated rings. The SMILES string of the molecule is O=C(c1nccn1Cc1ccc(Cl)cc1)N(Cc1ccccc1)C(=O)C1CCNCC1. The Morgan fingerprint density at radius 1 is 1.03 bits per heavy atom. The highest BCUT2D eigenvalue weighted by Gasteiger charge is 2.32. The van der Waals surface area contributed by atoms with E-state index in [1.807, 2.05) is 54.6 Å². The number of benzene rings is 2. The topological polar surface area (TPSA) is 67.2 Å². The molecule has 1 aliphatic heterocycles. The number of hydrogen-bond donors (Lipinski definition) is 1. The molecule has 0 saturated carbocycles. The van der Waals surface area contributed by atoms with Gasteiger partial charge in [-0.25, -0.2) is 4.98 Å². The van der Waals surface area contributed by atoms with E-state index in [1.165, 1.54) is 4.90 Å². The summed E-state index contributed by atoms with van der Waals surface area (Å²) in [6, 6.07) is 17.1. The first kappa shape index (κ1) is 21.3. The Morgan fingerprint density at radius 2 is 1.74 bits per heavy atom. The number of piperidine rings is 1. The van der Waals surface area contributed by atoms with Gasteiger partial charge in [-0.2, -0.15) is 0 Å². The highest BCUT2D eigenvalue weighted by Crippen LogP contribution is 2.20. The van der Waals surface area contributed by atoms with Crippen LogP contribution in [0.3, 0.4) is 0 Å². The Kier molecular flexibility index (Phi) is 6.79. The van der Waals surface area contributed by atoms with Crippen LogP contribution in [-0.4, -0.2) is 39.4 Å². The van der Waals surface area contributed by atoms with Gasteiger partial charge in [0, 0.05) is 29.9 Å². The molecular formula is C24H25ClN4O2. The fourth-order valence-electron chi connectivity index (χ4n) is 3.85. The number of aromatic nitrogens is 2. The normalized spacial score (nSPS) is 14.4. The molecule has 1 aromatic heterocycles. The second-order valence-electron chi connectivity index (χ2n) is 7.74. The summed E-state index contributed by atoms with van der Waals surface area (Å²) in [5.74, 6) is -0.399. The van der Waals surface area contributed by atoms with E-state index in [-0.39, 0.29) is 30.1 Å². The van der Waals surface area contributed by atoms with Crippen molar-refractivity contribution in [2.75, 3.05) is 13.1 Å². The van der Waals surface area contributed by atoms with Crippen LogP contribution in [0.25, 0.3) is 0 Å². The van der Waals surface area contributed by atoms with Gasteiger partial charge < -0.3 is 9.88 Å². The molecule has 4 rings (SSSR count). The first-order valence-corrected chi connectivity index (χ1v) is 10.9. The summed E-state index contributed by atoms with van der Waals surface area (Å²) in [6.45, 7) is 2.28. The Balaban J connectivity index is 1.60. The minimum absolute atomic E-state index is 0.128. The van der Waals surface area contributed by atoms with E-state index in [9.17, 15) is 9.59 Å². The number of imide groups is 1. The number of carbonyl (C=O) groups excluding carboxylic acids is 2. The quantitative estimate of drug-likeness (QED) is 0.597. The lowest BCUT2D eigenvalue weighted by atomic mass is 9.96. The summed E-state index contributed by atoms with van der Waals surface area (Å²) in [5, 5.41) is 3.93. The zero-order valence-electron chi connectivity index (χ0n) is 17.2. The second-order valence-corrected chi connectivity index (χ2v) is 8.18. The van der Waals surface area contributed by atoms with Gasteiger partial charge in [-0.05, 0) is 49.2 Å². The van der Waals surface area contributed by atoms with Gasteiger partial charge in [0.15, 0.2) is 5.82 Å². The number of nitrogens with zero attached hydrogens (tertiary/aromatic N) is 3. The molecule has 2 heterocycles. The average molecular weight is 437 g/mol. The third-order valence-electron chi connectivity index (χ3n) is 5.56. The Labute approximate surface area is 186 Å². The standard InChI is InChI=1S/C24H25ClN4O2/c25-21-8-6-19(7-9-21)16-28-15-14-27-22(28)24(31)29(17-18-4-2-1-3-5-18)23(30)20-10-12-26-13-11-20/h1-9,14-15,20,26H,10-13,16-17H2. The number of imidazole rings is 1. The molecule has 0 radical (unpaired) electrons. The predicted octanol–water partition coefficient (Wildman–Crippen LogP) is 3.75. The molecule has 2 amide bonds. The highest BCUT2D eigenvalue weighted by molar-refractivity contribution is 6.30. The molecule has 0 atom stereocenters. The smallest absolute Gasteiger partial charge is 0.296 e. The summed E-state index contributed by atoms with van der Waals surface area (Å²) in [5.41, 5.74) is 1.91.